The standard InChI is InChI=1S/C22H23N3O/c1-25(2)22(26)21(18-13-7-4-8-14-18)24-20(17-11-5-3-6-12-17)19-15-9-10-16-23-19/h3-16,20-21,24H,1-2H3/t20-,21+/m1/s1. The van der Waals surface area contributed by atoms with E-state index in [2.05, 4.69) is 22.4 Å². The van der Waals surface area contributed by atoms with Crippen LogP contribution >= 0.6 is 0 Å². The molecule has 0 aliphatic rings. The van der Waals surface area contributed by atoms with Crippen LogP contribution in [0.4, 0.5) is 0 Å². The molecular formula is C22H23N3O. The van der Waals surface area contributed by atoms with Gasteiger partial charge in [0.05, 0.1) is 11.7 Å². The van der Waals surface area contributed by atoms with Gasteiger partial charge in [-0.15, -0.1) is 0 Å². The maximum absolute atomic E-state index is 12.9. The molecule has 0 radical (unpaired) electrons. The number of rotatable bonds is 6. The summed E-state index contributed by atoms with van der Waals surface area (Å²) in [6, 6.07) is 25.1. The lowest BCUT2D eigenvalue weighted by atomic mass is 9.99. The fraction of sp³-hybridized carbons (Fsp3) is 0.182. The number of aromatic nitrogens is 1. The lowest BCUT2D eigenvalue weighted by Gasteiger charge is -2.27. The van der Waals surface area contributed by atoms with Gasteiger partial charge in [0.2, 0.25) is 5.91 Å². The normalized spacial score (nSPS) is 13.0. The summed E-state index contributed by atoms with van der Waals surface area (Å²) in [6.07, 6.45) is 1.78. The molecule has 0 fully saturated rings. The summed E-state index contributed by atoms with van der Waals surface area (Å²) in [6.45, 7) is 0. The van der Waals surface area contributed by atoms with Gasteiger partial charge >= 0.3 is 0 Å². The predicted octanol–water partition coefficient (Wildman–Crippen LogP) is 3.59. The van der Waals surface area contributed by atoms with E-state index in [1.807, 2.05) is 66.7 Å². The zero-order valence-corrected chi connectivity index (χ0v) is 15.0. The van der Waals surface area contributed by atoms with Crippen molar-refractivity contribution in [3.63, 3.8) is 0 Å². The minimum atomic E-state index is -0.460. The number of hydrogen-bond acceptors (Lipinski definition) is 3. The van der Waals surface area contributed by atoms with E-state index in [9.17, 15) is 4.79 Å². The molecule has 4 heteroatoms. The molecule has 2 atom stereocenters. The van der Waals surface area contributed by atoms with E-state index in [0.29, 0.717) is 0 Å². The number of carbonyl (C=O) groups excluding carboxylic acids is 1. The van der Waals surface area contributed by atoms with E-state index in [1.54, 1.807) is 25.2 Å². The summed E-state index contributed by atoms with van der Waals surface area (Å²) in [5, 5.41) is 3.53. The van der Waals surface area contributed by atoms with Crippen molar-refractivity contribution in [1.82, 2.24) is 15.2 Å². The van der Waals surface area contributed by atoms with Crippen molar-refractivity contribution in [1.29, 1.82) is 0 Å². The van der Waals surface area contributed by atoms with Crippen LogP contribution in [0, 0.1) is 0 Å². The van der Waals surface area contributed by atoms with Crippen LogP contribution in [0.1, 0.15) is 28.9 Å². The molecule has 2 aromatic carbocycles. The van der Waals surface area contributed by atoms with E-state index in [4.69, 9.17) is 0 Å². The van der Waals surface area contributed by atoms with Crippen LogP contribution in [0.2, 0.25) is 0 Å². The van der Waals surface area contributed by atoms with Crippen molar-refractivity contribution in [3.8, 4) is 0 Å². The topological polar surface area (TPSA) is 45.2 Å². The van der Waals surface area contributed by atoms with Gasteiger partial charge in [-0.1, -0.05) is 66.7 Å². The Hall–Kier alpha value is -2.98. The van der Waals surface area contributed by atoms with Gasteiger partial charge in [0.25, 0.3) is 0 Å². The van der Waals surface area contributed by atoms with Crippen LogP contribution in [0.25, 0.3) is 0 Å². The van der Waals surface area contributed by atoms with Gasteiger partial charge in [0.15, 0.2) is 0 Å². The minimum absolute atomic E-state index is 0.00747. The van der Waals surface area contributed by atoms with Gasteiger partial charge in [-0.05, 0) is 23.3 Å². The van der Waals surface area contributed by atoms with Gasteiger partial charge in [-0.2, -0.15) is 0 Å². The molecule has 3 aromatic rings. The molecule has 3 rings (SSSR count). The maximum Gasteiger partial charge on any atom is 0.243 e. The van der Waals surface area contributed by atoms with Crippen LogP contribution in [0.15, 0.2) is 85.1 Å². The summed E-state index contributed by atoms with van der Waals surface area (Å²) >= 11 is 0. The quantitative estimate of drug-likeness (QED) is 0.742. The van der Waals surface area contributed by atoms with Crippen molar-refractivity contribution in [2.45, 2.75) is 12.1 Å². The van der Waals surface area contributed by atoms with Crippen molar-refractivity contribution in [2.75, 3.05) is 14.1 Å². The lowest BCUT2D eigenvalue weighted by molar-refractivity contribution is -0.131. The van der Waals surface area contributed by atoms with Crippen LogP contribution in [-0.2, 0) is 4.79 Å². The number of pyridine rings is 1. The Bertz CT molecular complexity index is 780. The molecule has 26 heavy (non-hydrogen) atoms. The third-order valence-electron chi connectivity index (χ3n) is 4.27. The highest BCUT2D eigenvalue weighted by atomic mass is 16.2. The molecule has 132 valence electrons. The molecule has 1 amide bonds. The summed E-state index contributed by atoms with van der Waals surface area (Å²) in [4.78, 5) is 19.0. The number of nitrogens with one attached hydrogen (secondary N) is 1. The maximum atomic E-state index is 12.9. The van der Waals surface area contributed by atoms with Gasteiger partial charge < -0.3 is 4.90 Å². The zero-order valence-electron chi connectivity index (χ0n) is 15.0. The van der Waals surface area contributed by atoms with Crippen molar-refractivity contribution >= 4 is 5.91 Å². The first-order valence-corrected chi connectivity index (χ1v) is 8.65. The summed E-state index contributed by atoms with van der Waals surface area (Å²) in [5.74, 6) is 0.00747. The fourth-order valence-corrected chi connectivity index (χ4v) is 2.93. The molecule has 0 unspecified atom stereocenters. The van der Waals surface area contributed by atoms with E-state index in [0.717, 1.165) is 16.8 Å². The Labute approximate surface area is 154 Å². The van der Waals surface area contributed by atoms with Crippen LogP contribution < -0.4 is 5.32 Å². The second-order valence-corrected chi connectivity index (χ2v) is 6.34. The molecule has 0 saturated heterocycles. The Balaban J connectivity index is 2.01. The predicted molar refractivity (Wildman–Crippen MR) is 104 cm³/mol. The number of hydrogen-bond donors (Lipinski definition) is 1. The molecular weight excluding hydrogens is 322 g/mol. The van der Waals surface area contributed by atoms with Crippen molar-refractivity contribution < 1.29 is 4.79 Å². The summed E-state index contributed by atoms with van der Waals surface area (Å²) in [7, 11) is 3.55. The minimum Gasteiger partial charge on any atom is -0.347 e. The van der Waals surface area contributed by atoms with Crippen LogP contribution in [-0.4, -0.2) is 29.9 Å². The number of benzene rings is 2. The van der Waals surface area contributed by atoms with E-state index < -0.39 is 6.04 Å². The molecule has 1 heterocycles. The summed E-state index contributed by atoms with van der Waals surface area (Å²) in [5.41, 5.74) is 2.88. The van der Waals surface area contributed by atoms with E-state index in [-0.39, 0.29) is 11.9 Å². The van der Waals surface area contributed by atoms with Gasteiger partial charge in [0, 0.05) is 20.3 Å². The fourth-order valence-electron chi connectivity index (χ4n) is 2.93. The first-order chi connectivity index (χ1) is 12.7. The lowest BCUT2D eigenvalue weighted by Crippen LogP contribution is -2.39. The summed E-state index contributed by atoms with van der Waals surface area (Å²) < 4.78 is 0. The van der Waals surface area contributed by atoms with Crippen LogP contribution in [0.3, 0.4) is 0 Å². The van der Waals surface area contributed by atoms with Crippen molar-refractivity contribution in [3.05, 3.63) is 102 Å². The van der Waals surface area contributed by atoms with E-state index in [1.165, 1.54) is 0 Å². The molecule has 4 nitrogen and oxygen atoms in total. The van der Waals surface area contributed by atoms with Crippen LogP contribution in [0.5, 0.6) is 0 Å². The number of likely N-dealkylation sites (N-methyl/N-ethyl adjacent to an activating group) is 1. The van der Waals surface area contributed by atoms with E-state index >= 15 is 0 Å². The molecule has 0 aliphatic heterocycles. The molecule has 0 saturated carbocycles. The highest BCUT2D eigenvalue weighted by Gasteiger charge is 2.27. The first kappa shape index (κ1) is 17.8. The Kier molecular flexibility index (Phi) is 5.77. The Morgan fingerprint density at radius 3 is 1.96 bits per heavy atom. The molecule has 0 bridgehead atoms. The number of carbonyl (C=O) groups is 1. The zero-order chi connectivity index (χ0) is 18.4. The smallest absolute Gasteiger partial charge is 0.243 e. The Morgan fingerprint density at radius 2 is 1.42 bits per heavy atom. The first-order valence-electron chi connectivity index (χ1n) is 8.65. The molecule has 0 spiro atoms. The van der Waals surface area contributed by atoms with Gasteiger partial charge in [-0.3, -0.25) is 15.1 Å². The second-order valence-electron chi connectivity index (χ2n) is 6.34. The highest BCUT2D eigenvalue weighted by molar-refractivity contribution is 5.83. The molecule has 0 aliphatic carbocycles. The largest absolute Gasteiger partial charge is 0.347 e. The second kappa shape index (κ2) is 8.41. The van der Waals surface area contributed by atoms with Gasteiger partial charge in [0.1, 0.15) is 6.04 Å². The molecule has 1 N–H and O–H groups in total. The number of amides is 1. The molecule has 1 aromatic heterocycles. The Morgan fingerprint density at radius 1 is 0.846 bits per heavy atom. The highest BCUT2D eigenvalue weighted by Crippen LogP contribution is 2.25. The average molecular weight is 345 g/mol. The third-order valence-corrected chi connectivity index (χ3v) is 4.27. The van der Waals surface area contributed by atoms with Gasteiger partial charge in [-0.25, -0.2) is 0 Å². The number of nitrogens with zero attached hydrogens (tertiary/aromatic N) is 2. The monoisotopic (exact) mass is 345 g/mol. The SMILES string of the molecule is CN(C)C(=O)[C@@H](N[C@H](c1ccccc1)c1ccccn1)c1ccccc1. The average Bonchev–Trinajstić information content (AvgIpc) is 2.70. The third kappa shape index (κ3) is 4.16. The van der Waals surface area contributed by atoms with Crippen molar-refractivity contribution in [2.24, 2.45) is 0 Å².